The van der Waals surface area contributed by atoms with E-state index in [1.165, 1.54) is 22.6 Å². The van der Waals surface area contributed by atoms with Gasteiger partial charge in [-0.05, 0) is 67.3 Å². The van der Waals surface area contributed by atoms with Gasteiger partial charge in [0.25, 0.3) is 10.1 Å². The van der Waals surface area contributed by atoms with E-state index in [0.29, 0.717) is 16.7 Å². The Kier molecular flexibility index (Phi) is 7.27. The largest absolute Gasteiger partial charge is 0.418 e. The van der Waals surface area contributed by atoms with Crippen LogP contribution >= 0.6 is 22.6 Å². The van der Waals surface area contributed by atoms with Crippen LogP contribution in [0.15, 0.2) is 59.5 Å². The molecule has 0 aliphatic heterocycles. The van der Waals surface area contributed by atoms with Gasteiger partial charge in [0.15, 0.2) is 0 Å². The summed E-state index contributed by atoms with van der Waals surface area (Å²) in [6.07, 6.45) is -4.99. The highest BCUT2D eigenvalue weighted by Crippen LogP contribution is 2.46. The topological polar surface area (TPSA) is 54.4 Å². The summed E-state index contributed by atoms with van der Waals surface area (Å²) in [5.74, 6) is 0. The number of hydrogen-bond acceptors (Lipinski definition) is 2. The maximum Gasteiger partial charge on any atom is 0.418 e. The van der Waals surface area contributed by atoms with E-state index in [1.54, 1.807) is 24.3 Å². The third-order valence-corrected chi connectivity index (χ3v) is 7.85. The van der Waals surface area contributed by atoms with E-state index in [2.05, 4.69) is 0 Å². The number of rotatable bonds is 3. The number of benzene rings is 3. The summed E-state index contributed by atoms with van der Waals surface area (Å²) in [6.45, 7) is 12.2. The summed E-state index contributed by atoms with van der Waals surface area (Å²) < 4.78 is 75.9. The first-order valence-corrected chi connectivity index (χ1v) is 13.5. The molecule has 0 atom stereocenters. The maximum absolute atomic E-state index is 14.1. The lowest BCUT2D eigenvalue weighted by Gasteiger charge is -2.23. The Hall–Kier alpha value is -1.91. The van der Waals surface area contributed by atoms with Gasteiger partial charge in [-0.1, -0.05) is 90.1 Å². The van der Waals surface area contributed by atoms with Gasteiger partial charge in [-0.25, -0.2) is 0 Å². The van der Waals surface area contributed by atoms with Crippen LogP contribution in [0.5, 0.6) is 0 Å². The van der Waals surface area contributed by atoms with E-state index in [9.17, 15) is 26.1 Å². The average Bonchev–Trinajstić information content (AvgIpc) is 2.70. The molecule has 8 heteroatoms. The second kappa shape index (κ2) is 9.19. The van der Waals surface area contributed by atoms with Crippen molar-refractivity contribution in [1.82, 2.24) is 0 Å². The molecule has 0 radical (unpaired) electrons. The molecule has 0 spiro atoms. The standard InChI is InChI=1S/C27H28F3IO3S/c1-25(2,3)18-11-7-16(8-12-18)20-15-21(35(32,33)34)23(27(28,29)30)24(31)22(20)17-9-13-19(14-10-17)26(4,5)6/h7-15H,1-6H3,(H,32,33,34). The molecule has 0 saturated carbocycles. The van der Waals surface area contributed by atoms with Gasteiger partial charge in [-0.2, -0.15) is 21.6 Å². The Bertz CT molecular complexity index is 1350. The molecule has 188 valence electrons. The lowest BCUT2D eigenvalue weighted by molar-refractivity contribution is -0.140. The summed E-state index contributed by atoms with van der Waals surface area (Å²) in [5, 5.41) is 0. The normalized spacial score (nSPS) is 13.2. The molecule has 0 saturated heterocycles. The van der Waals surface area contributed by atoms with E-state index >= 15 is 0 Å². The summed E-state index contributed by atoms with van der Waals surface area (Å²) in [5.41, 5.74) is 1.99. The first-order valence-electron chi connectivity index (χ1n) is 10.9. The van der Waals surface area contributed by atoms with Crippen molar-refractivity contribution in [2.75, 3.05) is 0 Å². The minimum absolute atomic E-state index is 0.141. The zero-order valence-corrected chi connectivity index (χ0v) is 23.4. The number of alkyl halides is 3. The molecule has 0 amide bonds. The molecule has 0 unspecified atom stereocenters. The smallest absolute Gasteiger partial charge is 0.282 e. The van der Waals surface area contributed by atoms with Crippen LogP contribution in [-0.4, -0.2) is 13.0 Å². The predicted octanol–water partition coefficient (Wildman–Crippen LogP) is 8.49. The fourth-order valence-corrected chi connectivity index (χ4v) is 6.01. The third kappa shape index (κ3) is 5.91. The SMILES string of the molecule is CC(C)(C)c1ccc(-c2cc(S(=O)(=O)O)c(C(F)(F)F)c(I)c2-c2ccc(C(C)(C)C)cc2)cc1. The quantitative estimate of drug-likeness (QED) is 0.237. The van der Waals surface area contributed by atoms with Crippen molar-refractivity contribution in [3.63, 3.8) is 0 Å². The Morgan fingerprint density at radius 3 is 1.49 bits per heavy atom. The van der Waals surface area contributed by atoms with Crippen molar-refractivity contribution in [2.24, 2.45) is 0 Å². The van der Waals surface area contributed by atoms with E-state index in [4.69, 9.17) is 0 Å². The summed E-state index contributed by atoms with van der Waals surface area (Å²) in [4.78, 5) is -1.15. The van der Waals surface area contributed by atoms with Gasteiger partial charge in [0.2, 0.25) is 0 Å². The van der Waals surface area contributed by atoms with Crippen molar-refractivity contribution < 1.29 is 26.1 Å². The fraction of sp³-hybridized carbons (Fsp3) is 0.333. The number of hydrogen-bond donors (Lipinski definition) is 1. The Labute approximate surface area is 218 Å². The molecule has 0 aromatic heterocycles. The fourth-order valence-electron chi connectivity index (χ4n) is 3.89. The van der Waals surface area contributed by atoms with Crippen LogP contribution in [0.4, 0.5) is 13.2 Å². The van der Waals surface area contributed by atoms with Crippen molar-refractivity contribution in [2.45, 2.75) is 63.4 Å². The van der Waals surface area contributed by atoms with E-state index in [-0.39, 0.29) is 20.0 Å². The van der Waals surface area contributed by atoms with Gasteiger partial charge < -0.3 is 0 Å². The molecular formula is C27H28F3IO3S. The zero-order chi connectivity index (χ0) is 26.6. The molecule has 3 aromatic rings. The molecule has 0 heterocycles. The van der Waals surface area contributed by atoms with Gasteiger partial charge in [0.05, 0.1) is 5.56 Å². The van der Waals surface area contributed by atoms with Crippen LogP contribution in [0, 0.1) is 3.57 Å². The molecule has 0 bridgehead atoms. The molecule has 3 nitrogen and oxygen atoms in total. The monoisotopic (exact) mass is 616 g/mol. The van der Waals surface area contributed by atoms with Crippen LogP contribution in [0.25, 0.3) is 22.3 Å². The summed E-state index contributed by atoms with van der Waals surface area (Å²) in [7, 11) is -5.15. The highest BCUT2D eigenvalue weighted by molar-refractivity contribution is 14.1. The lowest BCUT2D eigenvalue weighted by atomic mass is 9.84. The molecule has 0 fully saturated rings. The molecule has 3 aromatic carbocycles. The molecule has 3 rings (SSSR count). The minimum Gasteiger partial charge on any atom is -0.282 e. The second-order valence-electron chi connectivity index (χ2n) is 10.6. The highest BCUT2D eigenvalue weighted by atomic mass is 127. The summed E-state index contributed by atoms with van der Waals surface area (Å²) >= 11 is 1.54. The van der Waals surface area contributed by atoms with E-state index < -0.39 is 26.8 Å². The zero-order valence-electron chi connectivity index (χ0n) is 20.4. The first-order chi connectivity index (χ1) is 15.8. The van der Waals surface area contributed by atoms with Crippen LogP contribution in [0.2, 0.25) is 0 Å². The molecule has 1 N–H and O–H groups in total. The minimum atomic E-state index is -5.15. The van der Waals surface area contributed by atoms with Crippen molar-refractivity contribution in [3.8, 4) is 22.3 Å². The predicted molar refractivity (Wildman–Crippen MR) is 142 cm³/mol. The van der Waals surface area contributed by atoms with Crippen LogP contribution < -0.4 is 0 Å². The van der Waals surface area contributed by atoms with Gasteiger partial charge in [-0.15, -0.1) is 0 Å². The maximum atomic E-state index is 14.1. The lowest BCUT2D eigenvalue weighted by Crippen LogP contribution is -2.16. The van der Waals surface area contributed by atoms with E-state index in [0.717, 1.165) is 17.2 Å². The van der Waals surface area contributed by atoms with E-state index in [1.807, 2.05) is 65.8 Å². The second-order valence-corrected chi connectivity index (χ2v) is 13.1. The van der Waals surface area contributed by atoms with Gasteiger partial charge in [0.1, 0.15) is 4.90 Å². The highest BCUT2D eigenvalue weighted by Gasteiger charge is 2.41. The Morgan fingerprint density at radius 2 is 1.14 bits per heavy atom. The van der Waals surface area contributed by atoms with Crippen LogP contribution in [0.1, 0.15) is 58.2 Å². The van der Waals surface area contributed by atoms with Crippen molar-refractivity contribution in [3.05, 3.63) is 74.9 Å². The molecular weight excluding hydrogens is 588 g/mol. The summed E-state index contributed by atoms with van der Waals surface area (Å²) in [6, 6.07) is 15.4. The van der Waals surface area contributed by atoms with Crippen molar-refractivity contribution in [1.29, 1.82) is 0 Å². The van der Waals surface area contributed by atoms with Gasteiger partial charge in [0, 0.05) is 9.13 Å². The van der Waals surface area contributed by atoms with Crippen molar-refractivity contribution >= 4 is 32.7 Å². The first kappa shape index (κ1) is 27.7. The van der Waals surface area contributed by atoms with Crippen LogP contribution in [-0.2, 0) is 27.1 Å². The van der Waals surface area contributed by atoms with Gasteiger partial charge in [-0.3, -0.25) is 4.55 Å². The third-order valence-electron chi connectivity index (χ3n) is 5.89. The average molecular weight is 616 g/mol. The van der Waals surface area contributed by atoms with Crippen LogP contribution in [0.3, 0.4) is 0 Å². The Balaban J connectivity index is 2.42. The molecule has 0 aliphatic carbocycles. The number of halogens is 4. The molecule has 0 aliphatic rings. The Morgan fingerprint density at radius 1 is 0.743 bits per heavy atom. The molecule has 35 heavy (non-hydrogen) atoms. The van der Waals surface area contributed by atoms with Gasteiger partial charge >= 0.3 is 6.18 Å².